The van der Waals surface area contributed by atoms with Crippen LogP contribution in [0.5, 0.6) is 0 Å². The van der Waals surface area contributed by atoms with E-state index in [1.165, 1.54) is 28.1 Å². The van der Waals surface area contributed by atoms with Crippen molar-refractivity contribution in [2.45, 2.75) is 137 Å². The molecule has 21 heteroatoms. The monoisotopic (exact) mass is 698 g/mol. The first kappa shape index (κ1) is 42.3. The van der Waals surface area contributed by atoms with Crippen molar-refractivity contribution >= 4 is 0 Å². The number of methoxy groups -OCH3 is 2. The van der Waals surface area contributed by atoms with Crippen LogP contribution in [-0.4, -0.2) is 217 Å². The van der Waals surface area contributed by atoms with Gasteiger partial charge in [-0.1, -0.05) is 0 Å². The van der Waals surface area contributed by atoms with Crippen molar-refractivity contribution in [3.8, 4) is 0 Å². The van der Waals surface area contributed by atoms with E-state index in [9.17, 15) is 61.3 Å². The Balaban J connectivity index is 0.000000320. The molecule has 47 heavy (non-hydrogen) atoms. The molecule has 4 fully saturated rings. The van der Waals surface area contributed by atoms with Crippen molar-refractivity contribution in [3.63, 3.8) is 0 Å². The summed E-state index contributed by atoms with van der Waals surface area (Å²) in [5, 5.41) is 118. The van der Waals surface area contributed by atoms with Crippen molar-refractivity contribution in [2.24, 2.45) is 0 Å². The molecule has 14 N–H and O–H groups in total. The molecular formula is C26H50O21. The van der Waals surface area contributed by atoms with Gasteiger partial charge in [0.2, 0.25) is 0 Å². The first-order valence-corrected chi connectivity index (χ1v) is 14.6. The Hall–Kier alpha value is -0.840. The van der Waals surface area contributed by atoms with Crippen LogP contribution >= 0.6 is 0 Å². The molecule has 21 nitrogen and oxygen atoms in total. The molecule has 280 valence electrons. The molecule has 4 rings (SSSR count). The Morgan fingerprint density at radius 3 is 1.00 bits per heavy atom. The van der Waals surface area contributed by atoms with Gasteiger partial charge in [-0.3, -0.25) is 0 Å². The molecule has 0 spiro atoms. The number of ether oxygens (including phenoxy) is 8. The summed E-state index contributed by atoms with van der Waals surface area (Å²) in [6, 6.07) is 0. The Labute approximate surface area is 269 Å². The minimum atomic E-state index is -1.58. The Morgan fingerprint density at radius 2 is 0.723 bits per heavy atom. The lowest BCUT2D eigenvalue weighted by Gasteiger charge is -2.45. The summed E-state index contributed by atoms with van der Waals surface area (Å²) in [7, 11) is 2.54. The molecule has 0 aromatic heterocycles. The average Bonchev–Trinajstić information content (AvgIpc) is 3.05. The molecule has 0 aromatic carbocycles. The summed E-state index contributed by atoms with van der Waals surface area (Å²) in [6.45, 7) is 1.86. The van der Waals surface area contributed by atoms with Crippen LogP contribution in [0.4, 0.5) is 0 Å². The SMILES string of the molecule is CO[C@H]1O[C@H](CO)[C@@H](O[C@H]2O[C@@H](C)[C@@H](O)[C@@H](O)[C@@H]2O)[C@H](O)[C@H]1O.CO[C@H]1O[C@H](CO)[C@@H](O[C@H]2O[C@@H](C)[C@@H](O)[C@@H](O)[C@@H]2O)[C@H](O)[C@H]1O.O. The molecule has 4 aliphatic heterocycles. The molecule has 4 saturated heterocycles. The van der Waals surface area contributed by atoms with Crippen molar-refractivity contribution in [1.82, 2.24) is 0 Å². The highest BCUT2D eigenvalue weighted by molar-refractivity contribution is 4.95. The molecule has 0 amide bonds. The van der Waals surface area contributed by atoms with Gasteiger partial charge in [0.25, 0.3) is 0 Å². The Kier molecular flexibility index (Phi) is 16.6. The van der Waals surface area contributed by atoms with E-state index in [0.29, 0.717) is 0 Å². The third-order valence-corrected chi connectivity index (χ3v) is 8.31. The first-order chi connectivity index (χ1) is 21.6. The second-order valence-electron chi connectivity index (χ2n) is 11.4. The lowest BCUT2D eigenvalue weighted by Crippen LogP contribution is -2.64. The predicted molar refractivity (Wildman–Crippen MR) is 148 cm³/mol. The maximum atomic E-state index is 10.1. The van der Waals surface area contributed by atoms with Crippen molar-refractivity contribution in [1.29, 1.82) is 0 Å². The lowest BCUT2D eigenvalue weighted by molar-refractivity contribution is -0.354. The van der Waals surface area contributed by atoms with Crippen LogP contribution in [0, 0.1) is 0 Å². The third-order valence-electron chi connectivity index (χ3n) is 8.31. The van der Waals surface area contributed by atoms with Crippen LogP contribution in [0.1, 0.15) is 13.8 Å². The highest BCUT2D eigenvalue weighted by Gasteiger charge is 2.51. The van der Waals surface area contributed by atoms with E-state index in [4.69, 9.17) is 37.9 Å². The summed E-state index contributed by atoms with van der Waals surface area (Å²) >= 11 is 0. The highest BCUT2D eigenvalue weighted by Crippen LogP contribution is 2.30. The molecule has 20 atom stereocenters. The van der Waals surface area contributed by atoms with E-state index < -0.39 is 136 Å². The lowest BCUT2D eigenvalue weighted by atomic mass is 9.97. The van der Waals surface area contributed by atoms with Gasteiger partial charge >= 0.3 is 0 Å². The van der Waals surface area contributed by atoms with Crippen molar-refractivity contribution in [3.05, 3.63) is 0 Å². The largest absolute Gasteiger partial charge is 0.412 e. The quantitative estimate of drug-likeness (QED) is 0.112. The highest BCUT2D eigenvalue weighted by atomic mass is 16.7. The fraction of sp³-hybridized carbons (Fsp3) is 1.00. The van der Waals surface area contributed by atoms with Gasteiger partial charge in [-0.2, -0.15) is 0 Å². The number of rotatable bonds is 8. The smallest absolute Gasteiger partial charge is 0.187 e. The van der Waals surface area contributed by atoms with Crippen molar-refractivity contribution in [2.75, 3.05) is 27.4 Å². The molecule has 0 aliphatic carbocycles. The summed E-state index contributed by atoms with van der Waals surface area (Å²) in [6.07, 6.45) is -25.9. The number of hydrogen-bond acceptors (Lipinski definition) is 20. The molecule has 0 saturated carbocycles. The fourth-order valence-electron chi connectivity index (χ4n) is 5.39. The summed E-state index contributed by atoms with van der Waals surface area (Å²) in [5.41, 5.74) is 0. The zero-order valence-corrected chi connectivity index (χ0v) is 26.1. The van der Waals surface area contributed by atoms with E-state index in [0.717, 1.165) is 0 Å². The van der Waals surface area contributed by atoms with E-state index in [1.807, 2.05) is 0 Å². The van der Waals surface area contributed by atoms with Crippen LogP contribution in [-0.2, 0) is 37.9 Å². The van der Waals surface area contributed by atoms with Crippen LogP contribution in [0.2, 0.25) is 0 Å². The van der Waals surface area contributed by atoms with Crippen LogP contribution in [0.15, 0.2) is 0 Å². The molecule has 4 aliphatic rings. The number of aliphatic hydroxyl groups is 12. The third kappa shape index (κ3) is 9.29. The minimum Gasteiger partial charge on any atom is -0.412 e. The zero-order valence-electron chi connectivity index (χ0n) is 26.1. The first-order valence-electron chi connectivity index (χ1n) is 14.6. The normalized spacial score (nSPS) is 50.6. The summed E-state index contributed by atoms with van der Waals surface area (Å²) < 4.78 is 41.7. The number of aliphatic hydroxyl groups excluding tert-OH is 12. The van der Waals surface area contributed by atoms with Gasteiger partial charge in [-0.25, -0.2) is 0 Å². The molecule has 4 heterocycles. The Bertz CT molecular complexity index is 831. The van der Waals surface area contributed by atoms with Gasteiger partial charge < -0.3 is 105 Å². The van der Waals surface area contributed by atoms with Gasteiger partial charge in [-0.05, 0) is 13.8 Å². The molecule has 0 unspecified atom stereocenters. The van der Waals surface area contributed by atoms with Crippen LogP contribution < -0.4 is 0 Å². The van der Waals surface area contributed by atoms with E-state index >= 15 is 0 Å². The van der Waals surface area contributed by atoms with E-state index in [-0.39, 0.29) is 5.48 Å². The van der Waals surface area contributed by atoms with Gasteiger partial charge in [-0.15, -0.1) is 0 Å². The van der Waals surface area contributed by atoms with Crippen molar-refractivity contribution < 1.29 is 105 Å². The topological polar surface area (TPSA) is 348 Å². The van der Waals surface area contributed by atoms with E-state index in [1.54, 1.807) is 0 Å². The second kappa shape index (κ2) is 18.4. The van der Waals surface area contributed by atoms with Crippen LogP contribution in [0.3, 0.4) is 0 Å². The van der Waals surface area contributed by atoms with Gasteiger partial charge in [0, 0.05) is 14.2 Å². The molecule has 0 radical (unpaired) electrons. The second-order valence-corrected chi connectivity index (χ2v) is 11.4. The van der Waals surface area contributed by atoms with Gasteiger partial charge in [0.15, 0.2) is 25.2 Å². The zero-order chi connectivity index (χ0) is 34.6. The maximum Gasteiger partial charge on any atom is 0.187 e. The molecule has 0 aromatic rings. The fourth-order valence-corrected chi connectivity index (χ4v) is 5.39. The Morgan fingerprint density at radius 1 is 0.426 bits per heavy atom. The standard InChI is InChI=1S/2C13H24O10.H2O/c2*1-4-6(15)7(16)9(18)13(21-4)23-11-5(3-14)22-12(20-2)10(19)8(11)17;/h2*4-19H,3H2,1-2H3;1H2/t2*4-,5+,6+,7+,8+,9-,10+,11+,12-,13+;/m00./s1. The maximum absolute atomic E-state index is 10.1. The van der Waals surface area contributed by atoms with Crippen LogP contribution in [0.25, 0.3) is 0 Å². The van der Waals surface area contributed by atoms with E-state index in [2.05, 4.69) is 0 Å². The van der Waals surface area contributed by atoms with Gasteiger partial charge in [0.1, 0.15) is 85.5 Å². The molecule has 0 bridgehead atoms. The average molecular weight is 699 g/mol. The summed E-state index contributed by atoms with van der Waals surface area (Å²) in [5.74, 6) is 0. The van der Waals surface area contributed by atoms with Gasteiger partial charge in [0.05, 0.1) is 25.4 Å². The minimum absolute atomic E-state index is 0. The number of hydrogen-bond donors (Lipinski definition) is 12. The molecular weight excluding hydrogens is 648 g/mol. The summed E-state index contributed by atoms with van der Waals surface area (Å²) in [4.78, 5) is 0. The predicted octanol–water partition coefficient (Wildman–Crippen LogP) is -8.26.